The second-order valence-corrected chi connectivity index (χ2v) is 10.2. The van der Waals surface area contributed by atoms with Gasteiger partial charge in [0.05, 0.1) is 10.0 Å². The van der Waals surface area contributed by atoms with Gasteiger partial charge in [-0.2, -0.15) is 0 Å². The van der Waals surface area contributed by atoms with E-state index >= 15 is 0 Å². The van der Waals surface area contributed by atoms with E-state index in [1.165, 1.54) is 36.4 Å². The van der Waals surface area contributed by atoms with Gasteiger partial charge in [0.25, 0.3) is 0 Å². The summed E-state index contributed by atoms with van der Waals surface area (Å²) in [7, 11) is 0. The van der Waals surface area contributed by atoms with E-state index in [0.717, 1.165) is 30.0 Å². The first-order chi connectivity index (χ1) is 14.7. The maximum absolute atomic E-state index is 6.42. The monoisotopic (exact) mass is 456 g/mol. The molecule has 1 aromatic heterocycles. The fourth-order valence-electron chi connectivity index (χ4n) is 5.13. The van der Waals surface area contributed by atoms with Crippen LogP contribution in [0.4, 0.5) is 0 Å². The Morgan fingerprint density at radius 3 is 2.50 bits per heavy atom. The van der Waals surface area contributed by atoms with Gasteiger partial charge in [0.1, 0.15) is 0 Å². The Morgan fingerprint density at radius 2 is 1.77 bits per heavy atom. The highest BCUT2D eigenvalue weighted by molar-refractivity contribution is 7.09. The lowest BCUT2D eigenvalue weighted by Gasteiger charge is -2.51. The molecule has 3 aliphatic heterocycles. The number of fused-ring (bicyclic) bond motifs is 3. The van der Waals surface area contributed by atoms with Crippen LogP contribution in [0.5, 0.6) is 0 Å². The molecule has 156 valence electrons. The predicted octanol–water partition coefficient (Wildman–Crippen LogP) is 6.52. The molecule has 2 nitrogen and oxygen atoms in total. The molecular weight excluding hydrogens is 431 g/mol. The van der Waals surface area contributed by atoms with E-state index in [0.29, 0.717) is 22.1 Å². The molecule has 1 N–H and O–H groups in total. The summed E-state index contributed by atoms with van der Waals surface area (Å²) in [5.41, 5.74) is 3.49. The van der Waals surface area contributed by atoms with Gasteiger partial charge in [-0.05, 0) is 66.9 Å². The summed E-state index contributed by atoms with van der Waals surface area (Å²) in [5, 5.41) is 7.31. The maximum atomic E-state index is 6.42. The number of nitrogens with one attached hydrogen (secondary N) is 1. The van der Waals surface area contributed by atoms with E-state index < -0.39 is 0 Å². The van der Waals surface area contributed by atoms with Crippen LogP contribution in [0.2, 0.25) is 10.0 Å². The van der Waals surface area contributed by atoms with E-state index in [1.54, 1.807) is 0 Å². The molecule has 5 heteroatoms. The van der Waals surface area contributed by atoms with Gasteiger partial charge < -0.3 is 5.32 Å². The number of thiophene rings is 1. The third-order valence-electron chi connectivity index (χ3n) is 6.72. The van der Waals surface area contributed by atoms with Gasteiger partial charge in [-0.15, -0.1) is 11.3 Å². The third-order valence-corrected chi connectivity index (χ3v) is 8.41. The summed E-state index contributed by atoms with van der Waals surface area (Å²) < 4.78 is 0. The summed E-state index contributed by atoms with van der Waals surface area (Å²) in [6.07, 6.45) is 3.73. The summed E-state index contributed by atoms with van der Waals surface area (Å²) in [6, 6.07) is 20.2. The predicted molar refractivity (Wildman–Crippen MR) is 129 cm³/mol. The normalized spacial score (nSPS) is 25.5. The largest absolute Gasteiger partial charge is 0.307 e. The van der Waals surface area contributed by atoms with Crippen LogP contribution in [0.1, 0.15) is 23.3 Å². The van der Waals surface area contributed by atoms with Crippen LogP contribution in [0.3, 0.4) is 0 Å². The molecule has 0 radical (unpaired) electrons. The average Bonchev–Trinajstić information content (AvgIpc) is 3.30. The highest BCUT2D eigenvalue weighted by atomic mass is 35.5. The smallest absolute Gasteiger partial charge is 0.0670 e. The molecule has 3 aromatic rings. The Bertz CT molecular complexity index is 979. The van der Waals surface area contributed by atoms with E-state index in [4.69, 9.17) is 23.2 Å². The van der Waals surface area contributed by atoms with Gasteiger partial charge in [0, 0.05) is 29.1 Å². The fourth-order valence-corrected chi connectivity index (χ4v) is 6.20. The highest BCUT2D eigenvalue weighted by Crippen LogP contribution is 2.36. The second kappa shape index (κ2) is 9.02. The summed E-state index contributed by atoms with van der Waals surface area (Å²) >= 11 is 14.5. The van der Waals surface area contributed by atoms with Crippen molar-refractivity contribution in [3.8, 4) is 11.1 Å². The molecule has 0 spiro atoms. The molecule has 4 heterocycles. The number of piperidine rings is 3. The van der Waals surface area contributed by atoms with Crippen LogP contribution in [0, 0.1) is 5.92 Å². The van der Waals surface area contributed by atoms with Crippen LogP contribution in [0.25, 0.3) is 11.1 Å². The van der Waals surface area contributed by atoms with E-state index in [2.05, 4.69) is 52.0 Å². The van der Waals surface area contributed by atoms with Gasteiger partial charge in [-0.3, -0.25) is 4.90 Å². The standard InChI is InChI=1S/C25H26Cl2N2S/c26-22-5-1-4-21(24(22)27)18-8-6-17(7-9-18)15-23-25(19-10-12-29(23)13-11-19)28-16-20-3-2-14-30-20/h1-9,14,19,23,25,28H,10-13,15-16H2. The van der Waals surface area contributed by atoms with Crippen molar-refractivity contribution < 1.29 is 0 Å². The van der Waals surface area contributed by atoms with Crippen LogP contribution in [0.15, 0.2) is 60.0 Å². The molecule has 0 amide bonds. The number of rotatable bonds is 6. The zero-order valence-corrected chi connectivity index (χ0v) is 19.2. The van der Waals surface area contributed by atoms with E-state index in [9.17, 15) is 0 Å². The average molecular weight is 457 g/mol. The molecular formula is C25H26Cl2N2S. The Labute approximate surface area is 192 Å². The minimum atomic E-state index is 0.566. The Kier molecular flexibility index (Phi) is 6.17. The first kappa shape index (κ1) is 20.5. The molecule has 3 fully saturated rings. The molecule has 2 bridgehead atoms. The number of hydrogen-bond donors (Lipinski definition) is 1. The number of benzene rings is 2. The first-order valence-electron chi connectivity index (χ1n) is 10.7. The summed E-state index contributed by atoms with van der Waals surface area (Å²) in [6.45, 7) is 3.46. The quantitative estimate of drug-likeness (QED) is 0.454. The molecule has 2 aromatic carbocycles. The zero-order chi connectivity index (χ0) is 20.5. The third kappa shape index (κ3) is 4.19. The van der Waals surface area contributed by atoms with Crippen LogP contribution in [-0.2, 0) is 13.0 Å². The first-order valence-corrected chi connectivity index (χ1v) is 12.4. The van der Waals surface area contributed by atoms with Crippen molar-refractivity contribution in [2.75, 3.05) is 13.1 Å². The summed E-state index contributed by atoms with van der Waals surface area (Å²) in [4.78, 5) is 4.13. The lowest BCUT2D eigenvalue weighted by atomic mass is 9.76. The zero-order valence-electron chi connectivity index (χ0n) is 16.9. The van der Waals surface area contributed by atoms with Crippen molar-refractivity contribution >= 4 is 34.5 Å². The van der Waals surface area contributed by atoms with E-state index in [-0.39, 0.29) is 0 Å². The van der Waals surface area contributed by atoms with Gasteiger partial charge in [-0.25, -0.2) is 0 Å². The van der Waals surface area contributed by atoms with Crippen molar-refractivity contribution in [3.05, 3.63) is 80.5 Å². The minimum absolute atomic E-state index is 0.566. The molecule has 6 rings (SSSR count). The highest BCUT2D eigenvalue weighted by Gasteiger charge is 2.41. The van der Waals surface area contributed by atoms with Crippen LogP contribution < -0.4 is 5.32 Å². The van der Waals surface area contributed by atoms with Crippen molar-refractivity contribution in [1.82, 2.24) is 10.2 Å². The van der Waals surface area contributed by atoms with Gasteiger partial charge in [-0.1, -0.05) is 65.7 Å². The molecule has 2 unspecified atom stereocenters. The molecule has 30 heavy (non-hydrogen) atoms. The molecule has 0 saturated carbocycles. The van der Waals surface area contributed by atoms with Gasteiger partial charge >= 0.3 is 0 Å². The Hall–Kier alpha value is -1.36. The van der Waals surface area contributed by atoms with Gasteiger partial charge in [0.15, 0.2) is 0 Å². The van der Waals surface area contributed by atoms with Crippen molar-refractivity contribution in [1.29, 1.82) is 0 Å². The topological polar surface area (TPSA) is 15.3 Å². The molecule has 3 saturated heterocycles. The molecule has 2 atom stereocenters. The lowest BCUT2D eigenvalue weighted by Crippen LogP contribution is -2.63. The van der Waals surface area contributed by atoms with Gasteiger partial charge in [0.2, 0.25) is 0 Å². The molecule has 3 aliphatic rings. The summed E-state index contributed by atoms with van der Waals surface area (Å²) in [5.74, 6) is 0.796. The second-order valence-electron chi connectivity index (χ2n) is 8.43. The van der Waals surface area contributed by atoms with Crippen LogP contribution >= 0.6 is 34.5 Å². The number of hydrogen-bond acceptors (Lipinski definition) is 3. The van der Waals surface area contributed by atoms with E-state index in [1.807, 2.05) is 29.5 Å². The SMILES string of the molecule is Clc1cccc(-c2ccc(CC3C(NCc4cccs4)C4CCN3CC4)cc2)c1Cl. The number of halogens is 2. The minimum Gasteiger partial charge on any atom is -0.307 e. The Balaban J connectivity index is 1.32. The molecule has 0 aliphatic carbocycles. The Morgan fingerprint density at radius 1 is 0.967 bits per heavy atom. The van der Waals surface area contributed by atoms with Crippen molar-refractivity contribution in [2.45, 2.75) is 37.9 Å². The fraction of sp³-hybridized carbons (Fsp3) is 0.360. The maximum Gasteiger partial charge on any atom is 0.0670 e. The van der Waals surface area contributed by atoms with Crippen molar-refractivity contribution in [2.24, 2.45) is 5.92 Å². The lowest BCUT2D eigenvalue weighted by molar-refractivity contribution is 0.0128. The van der Waals surface area contributed by atoms with Crippen LogP contribution in [-0.4, -0.2) is 30.1 Å². The number of nitrogens with zero attached hydrogens (tertiary/aromatic N) is 1. The van der Waals surface area contributed by atoms with Crippen molar-refractivity contribution in [3.63, 3.8) is 0 Å².